The maximum absolute atomic E-state index is 13.0. The Balaban J connectivity index is 1.68. The van der Waals surface area contributed by atoms with Gasteiger partial charge in [-0.3, -0.25) is 9.13 Å². The van der Waals surface area contributed by atoms with Crippen LogP contribution in [0, 0.1) is 0 Å². The minimum atomic E-state index is -3.66. The lowest BCUT2D eigenvalue weighted by Gasteiger charge is -2.17. The monoisotopic (exact) mass is 388 g/mol. The second kappa shape index (κ2) is 6.50. The number of aryl methyl sites for hydroxylation is 1. The molecule has 1 fully saturated rings. The molecule has 0 spiro atoms. The summed E-state index contributed by atoms with van der Waals surface area (Å²) in [7, 11) is -0.466. The molecule has 0 saturated carbocycles. The molecular formula is C18H20N4O4S. The van der Waals surface area contributed by atoms with E-state index in [1.807, 2.05) is 6.07 Å². The molecule has 1 atom stereocenters. The van der Waals surface area contributed by atoms with Gasteiger partial charge < -0.3 is 4.74 Å². The van der Waals surface area contributed by atoms with E-state index < -0.39 is 10.0 Å². The van der Waals surface area contributed by atoms with E-state index in [4.69, 9.17) is 4.74 Å². The lowest BCUT2D eigenvalue weighted by Crippen LogP contribution is -2.31. The zero-order chi connectivity index (χ0) is 19.2. The maximum Gasteiger partial charge on any atom is 0.330 e. The van der Waals surface area contributed by atoms with Gasteiger partial charge in [-0.1, -0.05) is 6.07 Å². The fraction of sp³-hybridized carbons (Fsp3) is 0.333. The van der Waals surface area contributed by atoms with Crippen molar-refractivity contribution >= 4 is 21.2 Å². The number of aromatic nitrogens is 3. The minimum Gasteiger partial charge on any atom is -0.497 e. The number of ether oxygens (including phenoxy) is 1. The Hall–Kier alpha value is -2.65. The number of fused-ring (bicyclic) bond motifs is 1. The van der Waals surface area contributed by atoms with Crippen LogP contribution >= 0.6 is 0 Å². The smallest absolute Gasteiger partial charge is 0.330 e. The van der Waals surface area contributed by atoms with Gasteiger partial charge in [0.05, 0.1) is 23.6 Å². The summed E-state index contributed by atoms with van der Waals surface area (Å²) >= 11 is 0. The van der Waals surface area contributed by atoms with Crippen LogP contribution in [0.2, 0.25) is 0 Å². The van der Waals surface area contributed by atoms with Crippen molar-refractivity contribution in [3.05, 3.63) is 53.1 Å². The van der Waals surface area contributed by atoms with Crippen LogP contribution in [0.4, 0.5) is 0 Å². The van der Waals surface area contributed by atoms with Gasteiger partial charge in [0.1, 0.15) is 5.75 Å². The fourth-order valence-corrected chi connectivity index (χ4v) is 5.10. The van der Waals surface area contributed by atoms with E-state index in [0.717, 1.165) is 5.52 Å². The Morgan fingerprint density at radius 1 is 1.22 bits per heavy atom. The Kier molecular flexibility index (Phi) is 4.27. The third kappa shape index (κ3) is 2.83. The van der Waals surface area contributed by atoms with E-state index in [1.54, 1.807) is 46.6 Å². The van der Waals surface area contributed by atoms with E-state index in [9.17, 15) is 13.2 Å². The molecule has 4 rings (SSSR count). The first-order chi connectivity index (χ1) is 12.9. The van der Waals surface area contributed by atoms with Crippen molar-refractivity contribution in [2.24, 2.45) is 7.05 Å². The van der Waals surface area contributed by atoms with Crippen LogP contribution in [-0.4, -0.2) is 47.0 Å². The molecule has 0 bridgehead atoms. The Morgan fingerprint density at radius 2 is 2.04 bits per heavy atom. The quantitative estimate of drug-likeness (QED) is 0.674. The molecule has 0 N–H and O–H groups in total. The highest BCUT2D eigenvalue weighted by atomic mass is 32.2. The molecule has 1 aliphatic heterocycles. The van der Waals surface area contributed by atoms with Crippen molar-refractivity contribution in [1.82, 2.24) is 18.4 Å². The van der Waals surface area contributed by atoms with Gasteiger partial charge in [-0.05, 0) is 30.7 Å². The largest absolute Gasteiger partial charge is 0.497 e. The zero-order valence-electron chi connectivity index (χ0n) is 15.1. The summed E-state index contributed by atoms with van der Waals surface area (Å²) in [5.74, 6) is 0.487. The van der Waals surface area contributed by atoms with E-state index >= 15 is 0 Å². The molecule has 1 saturated heterocycles. The molecule has 1 aromatic carbocycles. The van der Waals surface area contributed by atoms with Gasteiger partial charge in [0.15, 0.2) is 5.65 Å². The fourth-order valence-electron chi connectivity index (χ4n) is 3.57. The van der Waals surface area contributed by atoms with Crippen LogP contribution in [0.5, 0.6) is 5.75 Å². The van der Waals surface area contributed by atoms with E-state index in [0.29, 0.717) is 24.4 Å². The van der Waals surface area contributed by atoms with Crippen LogP contribution in [-0.2, 0) is 17.1 Å². The minimum absolute atomic E-state index is 0.186. The molecule has 2 aromatic heterocycles. The summed E-state index contributed by atoms with van der Waals surface area (Å²) < 4.78 is 35.7. The summed E-state index contributed by atoms with van der Waals surface area (Å²) in [6.07, 6.45) is 2.19. The summed E-state index contributed by atoms with van der Waals surface area (Å²) in [4.78, 5) is 17.2. The van der Waals surface area contributed by atoms with Crippen LogP contribution in [0.3, 0.4) is 0 Å². The number of pyridine rings is 1. The first-order valence-electron chi connectivity index (χ1n) is 8.59. The number of benzene rings is 1. The van der Waals surface area contributed by atoms with Crippen LogP contribution in [0.25, 0.3) is 11.2 Å². The van der Waals surface area contributed by atoms with Crippen molar-refractivity contribution in [2.45, 2.75) is 17.4 Å². The molecule has 8 nitrogen and oxygen atoms in total. The van der Waals surface area contributed by atoms with Gasteiger partial charge in [0.2, 0.25) is 10.0 Å². The lowest BCUT2D eigenvalue weighted by molar-refractivity contribution is 0.412. The van der Waals surface area contributed by atoms with Crippen molar-refractivity contribution in [3.63, 3.8) is 0 Å². The number of imidazole rings is 1. The first kappa shape index (κ1) is 17.7. The van der Waals surface area contributed by atoms with Crippen molar-refractivity contribution in [3.8, 4) is 5.75 Å². The standard InChI is InChI=1S/C18H20N4O4S/c1-20-16-7-4-9-19-17(16)22(18(20)23)13-8-10-21(12-13)27(24,25)15-6-3-5-14(11-15)26-2/h3-7,9,11,13H,8,10,12H2,1-2H3/t13-/m0/s1. The van der Waals surface area contributed by atoms with Gasteiger partial charge in [0, 0.05) is 32.4 Å². The van der Waals surface area contributed by atoms with Gasteiger partial charge in [0.25, 0.3) is 0 Å². The molecule has 0 radical (unpaired) electrons. The molecule has 3 aromatic rings. The van der Waals surface area contributed by atoms with Crippen LogP contribution in [0.15, 0.2) is 52.3 Å². The van der Waals surface area contributed by atoms with Gasteiger partial charge in [-0.25, -0.2) is 18.2 Å². The molecule has 142 valence electrons. The van der Waals surface area contributed by atoms with Crippen LogP contribution in [0.1, 0.15) is 12.5 Å². The average molecular weight is 388 g/mol. The Labute approximate surface area is 156 Å². The second-order valence-corrected chi connectivity index (χ2v) is 8.48. The predicted molar refractivity (Wildman–Crippen MR) is 100 cm³/mol. The predicted octanol–water partition coefficient (Wildman–Crippen LogP) is 1.38. The van der Waals surface area contributed by atoms with Crippen molar-refractivity contribution in [2.75, 3.05) is 20.2 Å². The molecule has 1 aliphatic rings. The first-order valence-corrected chi connectivity index (χ1v) is 10.0. The second-order valence-electron chi connectivity index (χ2n) is 6.54. The summed E-state index contributed by atoms with van der Waals surface area (Å²) in [6, 6.07) is 9.77. The molecule has 0 aliphatic carbocycles. The maximum atomic E-state index is 13.0. The SMILES string of the molecule is COc1cccc(S(=O)(=O)N2CC[C@H](n3c(=O)n(C)c4cccnc43)C2)c1. The summed E-state index contributed by atoms with van der Waals surface area (Å²) in [6.45, 7) is 0.578. The van der Waals surface area contributed by atoms with E-state index in [-0.39, 0.29) is 23.2 Å². The number of sulfonamides is 1. The van der Waals surface area contributed by atoms with Gasteiger partial charge >= 0.3 is 5.69 Å². The normalized spacial score (nSPS) is 18.2. The third-order valence-electron chi connectivity index (χ3n) is 5.02. The highest BCUT2D eigenvalue weighted by Crippen LogP contribution is 2.29. The highest BCUT2D eigenvalue weighted by molar-refractivity contribution is 7.89. The molecule has 3 heterocycles. The van der Waals surface area contributed by atoms with E-state index in [2.05, 4.69) is 4.98 Å². The zero-order valence-corrected chi connectivity index (χ0v) is 15.9. The molecule has 27 heavy (non-hydrogen) atoms. The molecular weight excluding hydrogens is 368 g/mol. The molecule has 9 heteroatoms. The molecule has 0 amide bonds. The van der Waals surface area contributed by atoms with Crippen LogP contribution < -0.4 is 10.4 Å². The summed E-state index contributed by atoms with van der Waals surface area (Å²) in [5.41, 5.74) is 1.13. The van der Waals surface area contributed by atoms with Gasteiger partial charge in [-0.2, -0.15) is 4.31 Å². The number of nitrogens with zero attached hydrogens (tertiary/aromatic N) is 4. The van der Waals surface area contributed by atoms with Crippen molar-refractivity contribution in [1.29, 1.82) is 0 Å². The number of hydrogen-bond acceptors (Lipinski definition) is 5. The average Bonchev–Trinajstić information content (AvgIpc) is 3.26. The lowest BCUT2D eigenvalue weighted by atomic mass is 10.2. The highest BCUT2D eigenvalue weighted by Gasteiger charge is 2.35. The Morgan fingerprint density at radius 3 is 2.81 bits per heavy atom. The number of methoxy groups -OCH3 is 1. The summed E-state index contributed by atoms with van der Waals surface area (Å²) in [5, 5.41) is 0. The Bertz CT molecular complexity index is 1170. The molecule has 0 unspecified atom stereocenters. The van der Waals surface area contributed by atoms with Gasteiger partial charge in [-0.15, -0.1) is 0 Å². The topological polar surface area (TPSA) is 86.4 Å². The number of hydrogen-bond donors (Lipinski definition) is 0. The van der Waals surface area contributed by atoms with Crippen molar-refractivity contribution < 1.29 is 13.2 Å². The van der Waals surface area contributed by atoms with E-state index in [1.165, 1.54) is 17.5 Å². The number of rotatable bonds is 4. The third-order valence-corrected chi connectivity index (χ3v) is 6.88.